The normalized spacial score (nSPS) is 21.6. The lowest BCUT2D eigenvalue weighted by Gasteiger charge is -2.08. The molecule has 0 bridgehead atoms. The standard InChI is InChI=1S/C18H23N3O3S/c1-12-16(5-4-10-20-12)24-11-15-17(18(15,2)3)13-6-8-14(9-7-13)21-25(19,22)23/h4-10,15,17,21H,11H2,1-3H3,(H2,19,22,23)/t15?,17-/m0/s1. The minimum atomic E-state index is -3.75. The maximum atomic E-state index is 11.1. The number of nitrogens with one attached hydrogen (secondary N) is 1. The number of nitrogens with zero attached hydrogens (tertiary/aromatic N) is 1. The molecule has 1 unspecified atom stereocenters. The van der Waals surface area contributed by atoms with E-state index in [0.29, 0.717) is 24.1 Å². The van der Waals surface area contributed by atoms with Crippen molar-refractivity contribution in [3.05, 3.63) is 53.9 Å². The summed E-state index contributed by atoms with van der Waals surface area (Å²) in [6.45, 7) is 7.00. The van der Waals surface area contributed by atoms with Gasteiger partial charge < -0.3 is 4.74 Å². The Morgan fingerprint density at radius 1 is 1.24 bits per heavy atom. The van der Waals surface area contributed by atoms with E-state index < -0.39 is 10.2 Å². The van der Waals surface area contributed by atoms with Gasteiger partial charge in [0.2, 0.25) is 0 Å². The number of rotatable bonds is 6. The largest absolute Gasteiger partial charge is 0.491 e. The van der Waals surface area contributed by atoms with Crippen LogP contribution in [0.15, 0.2) is 42.6 Å². The average Bonchev–Trinajstić information content (AvgIpc) is 3.07. The number of hydrogen-bond donors (Lipinski definition) is 2. The molecule has 25 heavy (non-hydrogen) atoms. The van der Waals surface area contributed by atoms with E-state index in [9.17, 15) is 8.42 Å². The van der Waals surface area contributed by atoms with Crippen molar-refractivity contribution in [2.24, 2.45) is 16.5 Å². The van der Waals surface area contributed by atoms with E-state index in [-0.39, 0.29) is 5.41 Å². The second-order valence-corrected chi connectivity index (χ2v) is 8.37. The third-order valence-corrected chi connectivity index (χ3v) is 5.48. The quantitative estimate of drug-likeness (QED) is 0.827. The molecule has 0 amide bonds. The molecule has 6 nitrogen and oxygen atoms in total. The Hall–Kier alpha value is -2.12. The number of anilines is 1. The van der Waals surface area contributed by atoms with Crippen LogP contribution in [-0.4, -0.2) is 20.0 Å². The van der Waals surface area contributed by atoms with Gasteiger partial charge in [-0.15, -0.1) is 0 Å². The summed E-state index contributed by atoms with van der Waals surface area (Å²) in [4.78, 5) is 4.24. The maximum Gasteiger partial charge on any atom is 0.296 e. The van der Waals surface area contributed by atoms with E-state index in [1.54, 1.807) is 18.3 Å². The Labute approximate surface area is 148 Å². The highest BCUT2D eigenvalue weighted by Gasteiger charge is 2.58. The molecule has 7 heteroatoms. The fraction of sp³-hybridized carbons (Fsp3) is 0.389. The lowest BCUT2D eigenvalue weighted by atomic mass is 10.0. The molecular formula is C18H23N3O3S. The third kappa shape index (κ3) is 3.93. The predicted molar refractivity (Wildman–Crippen MR) is 97.7 cm³/mol. The number of pyridine rings is 1. The van der Waals surface area contributed by atoms with E-state index >= 15 is 0 Å². The average molecular weight is 361 g/mol. The lowest BCUT2D eigenvalue weighted by molar-refractivity contribution is 0.276. The van der Waals surface area contributed by atoms with Gasteiger partial charge in [0.05, 0.1) is 12.3 Å². The first kappa shape index (κ1) is 17.7. The van der Waals surface area contributed by atoms with Gasteiger partial charge in [-0.3, -0.25) is 9.71 Å². The fourth-order valence-corrected chi connectivity index (χ4v) is 3.91. The van der Waals surface area contributed by atoms with Gasteiger partial charge in [-0.25, -0.2) is 5.14 Å². The van der Waals surface area contributed by atoms with Gasteiger partial charge in [-0.1, -0.05) is 26.0 Å². The van der Waals surface area contributed by atoms with Crippen LogP contribution in [0.3, 0.4) is 0 Å². The van der Waals surface area contributed by atoms with Gasteiger partial charge in [-0.05, 0) is 48.1 Å². The second-order valence-electron chi connectivity index (χ2n) is 7.07. The first-order chi connectivity index (χ1) is 11.7. The first-order valence-electron chi connectivity index (χ1n) is 8.13. The SMILES string of the molecule is Cc1ncccc1OCC1[C@H](c2ccc(NS(N)(=O)=O)cc2)C1(C)C. The highest BCUT2D eigenvalue weighted by Crippen LogP contribution is 2.64. The van der Waals surface area contributed by atoms with Gasteiger partial charge in [0.15, 0.2) is 0 Å². The summed E-state index contributed by atoms with van der Waals surface area (Å²) in [7, 11) is -3.75. The molecular weight excluding hydrogens is 338 g/mol. The molecule has 134 valence electrons. The molecule has 2 atom stereocenters. The molecule has 0 saturated heterocycles. The van der Waals surface area contributed by atoms with Gasteiger partial charge in [-0.2, -0.15) is 8.42 Å². The highest BCUT2D eigenvalue weighted by atomic mass is 32.2. The molecule has 3 N–H and O–H groups in total. The van der Waals surface area contributed by atoms with Crippen LogP contribution in [0, 0.1) is 18.3 Å². The predicted octanol–water partition coefficient (Wildman–Crippen LogP) is 2.82. The number of aromatic nitrogens is 1. The van der Waals surface area contributed by atoms with Crippen molar-refractivity contribution in [2.75, 3.05) is 11.3 Å². The van der Waals surface area contributed by atoms with Crippen LogP contribution < -0.4 is 14.6 Å². The van der Waals surface area contributed by atoms with Crippen LogP contribution in [0.1, 0.15) is 31.0 Å². The molecule has 3 rings (SSSR count). The molecule has 0 aliphatic heterocycles. The molecule has 1 aromatic carbocycles. The summed E-state index contributed by atoms with van der Waals surface area (Å²) in [5.41, 5.74) is 2.64. The van der Waals surface area contributed by atoms with Crippen molar-refractivity contribution >= 4 is 15.9 Å². The van der Waals surface area contributed by atoms with Crippen molar-refractivity contribution in [1.29, 1.82) is 0 Å². The number of aryl methyl sites for hydroxylation is 1. The summed E-state index contributed by atoms with van der Waals surface area (Å²) in [6.07, 6.45) is 1.75. The van der Waals surface area contributed by atoms with E-state index in [2.05, 4.69) is 23.6 Å². The van der Waals surface area contributed by atoms with E-state index in [4.69, 9.17) is 9.88 Å². The summed E-state index contributed by atoms with van der Waals surface area (Å²) in [5, 5.41) is 4.99. The number of hydrogen-bond acceptors (Lipinski definition) is 4. The Morgan fingerprint density at radius 2 is 1.92 bits per heavy atom. The topological polar surface area (TPSA) is 94.3 Å². The molecule has 2 aromatic rings. The van der Waals surface area contributed by atoms with E-state index in [0.717, 1.165) is 11.4 Å². The molecule has 1 aliphatic carbocycles. The molecule has 0 radical (unpaired) electrons. The molecule has 1 aliphatic rings. The van der Waals surface area contributed by atoms with E-state index in [1.165, 1.54) is 5.56 Å². The van der Waals surface area contributed by atoms with Crippen molar-refractivity contribution in [3.63, 3.8) is 0 Å². The van der Waals surface area contributed by atoms with Crippen LogP contribution >= 0.6 is 0 Å². The zero-order valence-corrected chi connectivity index (χ0v) is 15.4. The number of benzene rings is 1. The van der Waals surface area contributed by atoms with Crippen molar-refractivity contribution < 1.29 is 13.2 Å². The molecule has 1 aromatic heterocycles. The summed E-state index contributed by atoms with van der Waals surface area (Å²) in [5.74, 6) is 1.58. The van der Waals surface area contributed by atoms with Crippen LogP contribution in [0.2, 0.25) is 0 Å². The minimum Gasteiger partial charge on any atom is -0.491 e. The van der Waals surface area contributed by atoms with Crippen LogP contribution in [-0.2, 0) is 10.2 Å². The van der Waals surface area contributed by atoms with Crippen molar-refractivity contribution in [3.8, 4) is 5.75 Å². The zero-order valence-electron chi connectivity index (χ0n) is 14.6. The Bertz CT molecular complexity index is 863. The molecule has 1 fully saturated rings. The van der Waals surface area contributed by atoms with Crippen LogP contribution in [0.25, 0.3) is 0 Å². The Kier molecular flexibility index (Phi) is 4.47. The molecule has 1 saturated carbocycles. The van der Waals surface area contributed by atoms with Gasteiger partial charge in [0.25, 0.3) is 10.2 Å². The number of ether oxygens (including phenoxy) is 1. The van der Waals surface area contributed by atoms with Gasteiger partial charge in [0, 0.05) is 17.8 Å². The summed E-state index contributed by atoms with van der Waals surface area (Å²) >= 11 is 0. The zero-order chi connectivity index (χ0) is 18.2. The van der Waals surface area contributed by atoms with Crippen molar-refractivity contribution in [2.45, 2.75) is 26.7 Å². The van der Waals surface area contributed by atoms with Gasteiger partial charge in [0.1, 0.15) is 5.75 Å². The lowest BCUT2D eigenvalue weighted by Crippen LogP contribution is -2.21. The van der Waals surface area contributed by atoms with E-state index in [1.807, 2.05) is 31.2 Å². The monoisotopic (exact) mass is 361 g/mol. The van der Waals surface area contributed by atoms with Crippen molar-refractivity contribution in [1.82, 2.24) is 4.98 Å². The molecule has 1 heterocycles. The fourth-order valence-electron chi connectivity index (χ4n) is 3.44. The second kappa shape index (κ2) is 6.31. The Morgan fingerprint density at radius 3 is 2.52 bits per heavy atom. The van der Waals surface area contributed by atoms with Crippen LogP contribution in [0.5, 0.6) is 5.75 Å². The summed E-state index contributed by atoms with van der Waals surface area (Å²) < 4.78 is 30.4. The van der Waals surface area contributed by atoms with Crippen LogP contribution in [0.4, 0.5) is 5.69 Å². The smallest absolute Gasteiger partial charge is 0.296 e. The highest BCUT2D eigenvalue weighted by molar-refractivity contribution is 7.90. The first-order valence-corrected chi connectivity index (χ1v) is 9.68. The summed E-state index contributed by atoms with van der Waals surface area (Å²) in [6, 6.07) is 11.1. The molecule has 0 spiro atoms. The third-order valence-electron chi connectivity index (χ3n) is 4.96. The van der Waals surface area contributed by atoms with Gasteiger partial charge >= 0.3 is 0 Å². The number of nitrogens with two attached hydrogens (primary N) is 1. The Balaban J connectivity index is 1.67. The maximum absolute atomic E-state index is 11.1. The minimum absolute atomic E-state index is 0.130.